The van der Waals surface area contributed by atoms with E-state index in [9.17, 15) is 13.2 Å². The van der Waals surface area contributed by atoms with Crippen LogP contribution in [0.5, 0.6) is 0 Å². The number of rotatable bonds is 5. The molecule has 1 amide bonds. The molecular weight excluding hydrogens is 362 g/mol. The van der Waals surface area contributed by atoms with Crippen LogP contribution in [-0.2, 0) is 14.8 Å². The zero-order valence-electron chi connectivity index (χ0n) is 16.3. The van der Waals surface area contributed by atoms with Crippen LogP contribution in [0.1, 0.15) is 39.5 Å². The van der Waals surface area contributed by atoms with Crippen molar-refractivity contribution < 1.29 is 13.2 Å². The van der Waals surface area contributed by atoms with Crippen LogP contribution < -0.4 is 5.32 Å². The van der Waals surface area contributed by atoms with Gasteiger partial charge < -0.3 is 5.32 Å². The third-order valence-corrected chi connectivity index (χ3v) is 7.93. The van der Waals surface area contributed by atoms with Crippen molar-refractivity contribution in [2.45, 2.75) is 56.5 Å². The quantitative estimate of drug-likeness (QED) is 0.832. The smallest absolute Gasteiger partial charge is 0.243 e. The molecule has 2 aliphatic rings. The minimum absolute atomic E-state index is 0.0631. The summed E-state index contributed by atoms with van der Waals surface area (Å²) in [6.07, 6.45) is 4.67. The summed E-state index contributed by atoms with van der Waals surface area (Å²) in [7, 11) is -3.46. The summed E-state index contributed by atoms with van der Waals surface area (Å²) in [4.78, 5) is 15.1. The largest absolute Gasteiger partial charge is 0.352 e. The molecule has 1 saturated carbocycles. The molecule has 0 unspecified atom stereocenters. The van der Waals surface area contributed by atoms with E-state index in [1.54, 1.807) is 24.3 Å². The van der Waals surface area contributed by atoms with E-state index in [0.29, 0.717) is 37.0 Å². The highest BCUT2D eigenvalue weighted by Gasteiger charge is 2.33. The SMILES string of the molecule is C[C@@H]1CCCC[C@@H]1NC(=O)[C@@H](C)N1CCN(S(=O)(=O)c2ccccc2)CC1. The number of carbonyl (C=O) groups is 1. The molecule has 0 aromatic heterocycles. The first-order valence-electron chi connectivity index (χ1n) is 9.99. The number of carbonyl (C=O) groups excluding carboxylic acids is 1. The zero-order valence-corrected chi connectivity index (χ0v) is 17.1. The average molecular weight is 394 g/mol. The van der Waals surface area contributed by atoms with Gasteiger partial charge in [-0.2, -0.15) is 4.31 Å². The van der Waals surface area contributed by atoms with Crippen molar-refractivity contribution >= 4 is 15.9 Å². The molecule has 1 heterocycles. The molecule has 3 rings (SSSR count). The molecule has 1 aromatic carbocycles. The van der Waals surface area contributed by atoms with Gasteiger partial charge in [0.2, 0.25) is 15.9 Å². The molecule has 1 saturated heterocycles. The second-order valence-electron chi connectivity index (χ2n) is 7.81. The van der Waals surface area contributed by atoms with Gasteiger partial charge in [-0.05, 0) is 37.8 Å². The Kier molecular flexibility index (Phi) is 6.55. The second kappa shape index (κ2) is 8.71. The Morgan fingerprint density at radius 2 is 1.70 bits per heavy atom. The minimum atomic E-state index is -3.46. The van der Waals surface area contributed by atoms with Crippen molar-refractivity contribution in [2.75, 3.05) is 26.2 Å². The van der Waals surface area contributed by atoms with Crippen LogP contribution in [0, 0.1) is 5.92 Å². The maximum atomic E-state index is 12.7. The lowest BCUT2D eigenvalue weighted by Gasteiger charge is -2.38. The Morgan fingerprint density at radius 3 is 2.33 bits per heavy atom. The van der Waals surface area contributed by atoms with Crippen molar-refractivity contribution in [3.05, 3.63) is 30.3 Å². The van der Waals surface area contributed by atoms with Crippen LogP contribution >= 0.6 is 0 Å². The molecule has 7 heteroatoms. The van der Waals surface area contributed by atoms with Crippen molar-refractivity contribution in [2.24, 2.45) is 5.92 Å². The highest BCUT2D eigenvalue weighted by molar-refractivity contribution is 7.89. The molecule has 1 N–H and O–H groups in total. The highest BCUT2D eigenvalue weighted by atomic mass is 32.2. The predicted molar refractivity (Wildman–Crippen MR) is 106 cm³/mol. The van der Waals surface area contributed by atoms with Gasteiger partial charge in [0.15, 0.2) is 0 Å². The molecule has 0 bridgehead atoms. The lowest BCUT2D eigenvalue weighted by molar-refractivity contribution is -0.127. The molecule has 1 aliphatic heterocycles. The van der Waals surface area contributed by atoms with Crippen LogP contribution in [0.2, 0.25) is 0 Å². The number of sulfonamides is 1. The number of hydrogen-bond donors (Lipinski definition) is 1. The normalized spacial score (nSPS) is 26.4. The zero-order chi connectivity index (χ0) is 19.4. The summed E-state index contributed by atoms with van der Waals surface area (Å²) in [6.45, 7) is 6.09. The van der Waals surface area contributed by atoms with E-state index in [-0.39, 0.29) is 18.0 Å². The van der Waals surface area contributed by atoms with Crippen molar-refractivity contribution in [3.63, 3.8) is 0 Å². The Balaban J connectivity index is 1.54. The molecule has 0 spiro atoms. The van der Waals surface area contributed by atoms with E-state index in [1.807, 2.05) is 13.0 Å². The Morgan fingerprint density at radius 1 is 1.07 bits per heavy atom. The minimum Gasteiger partial charge on any atom is -0.352 e. The van der Waals surface area contributed by atoms with E-state index >= 15 is 0 Å². The van der Waals surface area contributed by atoms with Crippen LogP contribution in [-0.4, -0.2) is 61.8 Å². The van der Waals surface area contributed by atoms with Gasteiger partial charge in [-0.25, -0.2) is 8.42 Å². The lowest BCUT2D eigenvalue weighted by atomic mass is 9.86. The van der Waals surface area contributed by atoms with Crippen LogP contribution in [0.4, 0.5) is 0 Å². The van der Waals surface area contributed by atoms with Crippen LogP contribution in [0.3, 0.4) is 0 Å². The van der Waals surface area contributed by atoms with Gasteiger partial charge in [0, 0.05) is 32.2 Å². The lowest BCUT2D eigenvalue weighted by Crippen LogP contribution is -2.56. The second-order valence-corrected chi connectivity index (χ2v) is 9.74. The number of nitrogens with one attached hydrogen (secondary N) is 1. The van der Waals surface area contributed by atoms with Gasteiger partial charge in [-0.1, -0.05) is 38.0 Å². The van der Waals surface area contributed by atoms with Gasteiger partial charge in [0.05, 0.1) is 10.9 Å². The van der Waals surface area contributed by atoms with Gasteiger partial charge >= 0.3 is 0 Å². The average Bonchev–Trinajstić information content (AvgIpc) is 2.70. The number of nitrogens with zero attached hydrogens (tertiary/aromatic N) is 2. The van der Waals surface area contributed by atoms with E-state index in [1.165, 1.54) is 23.6 Å². The number of benzene rings is 1. The highest BCUT2D eigenvalue weighted by Crippen LogP contribution is 2.24. The molecule has 0 radical (unpaired) electrons. The summed E-state index contributed by atoms with van der Waals surface area (Å²) in [5, 5.41) is 3.22. The number of amides is 1. The van der Waals surface area contributed by atoms with Crippen molar-refractivity contribution in [1.82, 2.24) is 14.5 Å². The Hall–Kier alpha value is -1.44. The first-order valence-corrected chi connectivity index (χ1v) is 11.4. The molecular formula is C20H31N3O3S. The summed E-state index contributed by atoms with van der Waals surface area (Å²) >= 11 is 0. The standard InChI is InChI=1S/C20H31N3O3S/c1-16-8-6-7-11-19(16)21-20(24)17(2)22-12-14-23(15-13-22)27(25,26)18-9-4-3-5-10-18/h3-5,9-10,16-17,19H,6-8,11-15H2,1-2H3,(H,21,24)/t16-,17-,19+/m1/s1. The van der Waals surface area contributed by atoms with Gasteiger partial charge in [0.25, 0.3) is 0 Å². The van der Waals surface area contributed by atoms with E-state index in [4.69, 9.17) is 0 Å². The number of hydrogen-bond acceptors (Lipinski definition) is 4. The maximum Gasteiger partial charge on any atom is 0.243 e. The van der Waals surface area contributed by atoms with Crippen LogP contribution in [0.25, 0.3) is 0 Å². The van der Waals surface area contributed by atoms with E-state index in [2.05, 4.69) is 17.1 Å². The Bertz CT molecular complexity index is 730. The van der Waals surface area contributed by atoms with Crippen molar-refractivity contribution in [3.8, 4) is 0 Å². The van der Waals surface area contributed by atoms with Gasteiger partial charge in [-0.3, -0.25) is 9.69 Å². The Labute approximate surface area is 163 Å². The predicted octanol–water partition coefficient (Wildman–Crippen LogP) is 2.08. The topological polar surface area (TPSA) is 69.7 Å². The molecule has 1 aliphatic carbocycles. The molecule has 1 aromatic rings. The van der Waals surface area contributed by atoms with Crippen LogP contribution in [0.15, 0.2) is 35.2 Å². The first kappa shape index (κ1) is 20.3. The fourth-order valence-corrected chi connectivity index (χ4v) is 5.52. The molecule has 3 atom stereocenters. The molecule has 27 heavy (non-hydrogen) atoms. The van der Waals surface area contributed by atoms with Crippen molar-refractivity contribution in [1.29, 1.82) is 0 Å². The number of piperazine rings is 1. The molecule has 150 valence electrons. The fourth-order valence-electron chi connectivity index (χ4n) is 4.07. The van der Waals surface area contributed by atoms with Gasteiger partial charge in [-0.15, -0.1) is 0 Å². The summed E-state index contributed by atoms with van der Waals surface area (Å²) in [5.74, 6) is 0.593. The van der Waals surface area contributed by atoms with E-state index < -0.39 is 10.0 Å². The van der Waals surface area contributed by atoms with Gasteiger partial charge in [0.1, 0.15) is 0 Å². The summed E-state index contributed by atoms with van der Waals surface area (Å²) in [5.41, 5.74) is 0. The first-order chi connectivity index (χ1) is 12.9. The molecule has 6 nitrogen and oxygen atoms in total. The summed E-state index contributed by atoms with van der Waals surface area (Å²) in [6, 6.07) is 8.58. The molecule has 2 fully saturated rings. The fraction of sp³-hybridized carbons (Fsp3) is 0.650. The monoisotopic (exact) mass is 393 g/mol. The third-order valence-electron chi connectivity index (χ3n) is 6.02. The third kappa shape index (κ3) is 4.70. The van der Waals surface area contributed by atoms with E-state index in [0.717, 1.165) is 6.42 Å². The maximum absolute atomic E-state index is 12.7. The summed E-state index contributed by atoms with van der Waals surface area (Å²) < 4.78 is 27.0.